The minimum absolute atomic E-state index is 0. The Kier molecular flexibility index (Phi) is 7.12. The third kappa shape index (κ3) is 5.69. The molecular weight excluding hydrogens is 336 g/mol. The van der Waals surface area contributed by atoms with E-state index in [1.165, 1.54) is 35.8 Å². The van der Waals surface area contributed by atoms with Gasteiger partial charge in [-0.25, -0.2) is 4.57 Å². The van der Waals surface area contributed by atoms with Crippen molar-refractivity contribution in [3.63, 3.8) is 0 Å². The van der Waals surface area contributed by atoms with Gasteiger partial charge in [0.1, 0.15) is 5.75 Å². The van der Waals surface area contributed by atoms with Crippen molar-refractivity contribution in [1.29, 1.82) is 5.41 Å². The summed E-state index contributed by atoms with van der Waals surface area (Å²) in [6.45, 7) is 0. The summed E-state index contributed by atoms with van der Waals surface area (Å²) in [5.41, 5.74) is 0.519. The summed E-state index contributed by atoms with van der Waals surface area (Å²) in [4.78, 5) is 16.9. The van der Waals surface area contributed by atoms with Crippen LogP contribution in [-0.2, 0) is 4.57 Å². The average molecular weight is 360 g/mol. The minimum Gasteiger partial charge on any atom is -0.404 e. The smallest absolute Gasteiger partial charge is 0.404 e. The predicted octanol–water partition coefficient (Wildman–Crippen LogP) is 0.992. The first-order chi connectivity index (χ1) is 10.9. The molecule has 24 heavy (non-hydrogen) atoms. The fraction of sp³-hybridized carbons (Fsp3) is 0.588. The molecule has 4 aliphatic carbocycles. The normalized spacial score (nSPS) is 29.9. The van der Waals surface area contributed by atoms with Gasteiger partial charge in [0.2, 0.25) is 0 Å². The van der Waals surface area contributed by atoms with Gasteiger partial charge >= 0.3 is 37.4 Å². The summed E-state index contributed by atoms with van der Waals surface area (Å²) < 4.78 is 14.7. The maximum absolute atomic E-state index is 10.4. The molecule has 0 heterocycles. The van der Waals surface area contributed by atoms with E-state index in [-0.39, 0.29) is 35.3 Å². The summed E-state index contributed by atoms with van der Waals surface area (Å²) in [6.07, 6.45) is 10.7. The second-order valence-corrected chi connectivity index (χ2v) is 8.34. The third-order valence-electron chi connectivity index (χ3n) is 5.25. The Bertz CT molecular complexity index is 562. The summed E-state index contributed by atoms with van der Waals surface area (Å²) in [7, 11) is -4.49. The SMILES string of the molecule is C1C2CC3CC1CC(C2)C3.N=Cc1cccc(OP(=O)(O)O)c1.[Na+]. The Labute approximate surface area is 165 Å². The molecule has 4 saturated carbocycles. The maximum atomic E-state index is 10.4. The number of phosphoric acid groups is 1. The average Bonchev–Trinajstić information content (AvgIpc) is 2.45. The van der Waals surface area contributed by atoms with E-state index in [1.54, 1.807) is 50.7 Å². The minimum atomic E-state index is -4.49. The zero-order valence-corrected chi connectivity index (χ0v) is 17.0. The maximum Gasteiger partial charge on any atom is 1.00 e. The van der Waals surface area contributed by atoms with Crippen LogP contribution in [0.5, 0.6) is 5.75 Å². The Hall–Kier alpha value is -0.160. The fourth-order valence-corrected chi connectivity index (χ4v) is 5.17. The standard InChI is InChI=1S/C10H16.C7H8NO4P.Na/c1-7-2-9-4-8(1)5-10(3-7)6-9;8-5-6-2-1-3-7(4-6)12-13(9,10)11;/h7-10H,1-6H2;1-5,8H,(H2,9,10,11);/q;;+1. The van der Waals surface area contributed by atoms with Gasteiger partial charge in [0, 0.05) is 6.21 Å². The molecule has 0 aromatic heterocycles. The first kappa shape index (κ1) is 20.2. The molecule has 126 valence electrons. The molecule has 0 atom stereocenters. The largest absolute Gasteiger partial charge is 1.00 e. The summed E-state index contributed by atoms with van der Waals surface area (Å²) >= 11 is 0. The molecule has 0 saturated heterocycles. The third-order valence-corrected chi connectivity index (χ3v) is 5.70. The molecule has 0 spiro atoms. The van der Waals surface area contributed by atoms with Crippen LogP contribution >= 0.6 is 7.82 Å². The van der Waals surface area contributed by atoms with Crippen molar-refractivity contribution in [3.8, 4) is 5.75 Å². The summed E-state index contributed by atoms with van der Waals surface area (Å²) in [5.74, 6) is 4.76. The molecule has 4 aliphatic rings. The molecule has 7 heteroatoms. The predicted molar refractivity (Wildman–Crippen MR) is 88.7 cm³/mol. The molecular formula is C17H24NNaO4P+. The summed E-state index contributed by atoms with van der Waals surface area (Å²) in [6, 6.07) is 5.95. The molecule has 4 fully saturated rings. The molecule has 0 aliphatic heterocycles. The van der Waals surface area contributed by atoms with Crippen LogP contribution in [-0.4, -0.2) is 16.0 Å². The van der Waals surface area contributed by atoms with Gasteiger partial charge in [0.05, 0.1) is 0 Å². The van der Waals surface area contributed by atoms with E-state index >= 15 is 0 Å². The number of rotatable bonds is 3. The van der Waals surface area contributed by atoms with Crippen LogP contribution in [0.15, 0.2) is 24.3 Å². The molecule has 1 aromatic rings. The van der Waals surface area contributed by atoms with Crippen molar-refractivity contribution in [2.45, 2.75) is 38.5 Å². The Morgan fingerprint density at radius 1 is 1.00 bits per heavy atom. The Morgan fingerprint density at radius 2 is 1.46 bits per heavy atom. The number of nitrogens with one attached hydrogen (secondary N) is 1. The van der Waals surface area contributed by atoms with Crippen LogP contribution in [0.25, 0.3) is 0 Å². The molecule has 0 unspecified atom stereocenters. The van der Waals surface area contributed by atoms with Crippen LogP contribution in [0.2, 0.25) is 0 Å². The molecule has 0 amide bonds. The zero-order chi connectivity index (χ0) is 16.4. The van der Waals surface area contributed by atoms with Crippen molar-refractivity contribution in [2.24, 2.45) is 23.7 Å². The van der Waals surface area contributed by atoms with E-state index in [0.717, 1.165) is 6.21 Å². The van der Waals surface area contributed by atoms with Gasteiger partial charge in [0.25, 0.3) is 0 Å². The number of hydrogen-bond acceptors (Lipinski definition) is 3. The van der Waals surface area contributed by atoms with E-state index in [0.29, 0.717) is 5.56 Å². The van der Waals surface area contributed by atoms with E-state index < -0.39 is 7.82 Å². The zero-order valence-electron chi connectivity index (χ0n) is 14.1. The summed E-state index contributed by atoms with van der Waals surface area (Å²) in [5, 5.41) is 6.90. The number of phosphoric ester groups is 1. The van der Waals surface area contributed by atoms with E-state index in [2.05, 4.69) is 4.52 Å². The van der Waals surface area contributed by atoms with Crippen LogP contribution in [0.4, 0.5) is 0 Å². The van der Waals surface area contributed by atoms with Gasteiger partial charge in [0.15, 0.2) is 0 Å². The van der Waals surface area contributed by atoms with Crippen molar-refractivity contribution < 1.29 is 48.4 Å². The van der Waals surface area contributed by atoms with Gasteiger partial charge in [-0.3, -0.25) is 9.79 Å². The fourth-order valence-electron chi connectivity index (χ4n) is 4.78. The second-order valence-electron chi connectivity index (χ2n) is 7.18. The van der Waals surface area contributed by atoms with Crippen molar-refractivity contribution >= 4 is 14.0 Å². The van der Waals surface area contributed by atoms with Gasteiger partial charge in [-0.2, -0.15) is 0 Å². The second kappa shape index (κ2) is 8.48. The van der Waals surface area contributed by atoms with Crippen LogP contribution in [0, 0.1) is 29.1 Å². The molecule has 5 nitrogen and oxygen atoms in total. The first-order valence-corrected chi connectivity index (χ1v) is 9.80. The number of hydrogen-bond donors (Lipinski definition) is 3. The van der Waals surface area contributed by atoms with Crippen LogP contribution in [0.1, 0.15) is 44.1 Å². The molecule has 5 rings (SSSR count). The van der Waals surface area contributed by atoms with Gasteiger partial charge in [-0.15, -0.1) is 0 Å². The Morgan fingerprint density at radius 3 is 1.83 bits per heavy atom. The molecule has 0 radical (unpaired) electrons. The monoisotopic (exact) mass is 360 g/mol. The quantitative estimate of drug-likeness (QED) is 0.426. The molecule has 3 N–H and O–H groups in total. The van der Waals surface area contributed by atoms with E-state index in [9.17, 15) is 4.57 Å². The topological polar surface area (TPSA) is 90.6 Å². The van der Waals surface area contributed by atoms with Crippen LogP contribution in [0.3, 0.4) is 0 Å². The van der Waals surface area contributed by atoms with E-state index in [4.69, 9.17) is 15.2 Å². The van der Waals surface area contributed by atoms with Crippen molar-refractivity contribution in [3.05, 3.63) is 29.8 Å². The van der Waals surface area contributed by atoms with Gasteiger partial charge in [-0.1, -0.05) is 12.1 Å². The number of benzene rings is 1. The van der Waals surface area contributed by atoms with E-state index in [1.807, 2.05) is 0 Å². The molecule has 4 bridgehead atoms. The van der Waals surface area contributed by atoms with Gasteiger partial charge in [-0.05, 0) is 79.9 Å². The van der Waals surface area contributed by atoms with Crippen molar-refractivity contribution in [2.75, 3.05) is 0 Å². The van der Waals surface area contributed by atoms with Gasteiger partial charge < -0.3 is 9.93 Å². The van der Waals surface area contributed by atoms with Crippen molar-refractivity contribution in [1.82, 2.24) is 0 Å². The first-order valence-electron chi connectivity index (χ1n) is 8.27. The van der Waals surface area contributed by atoms with Crippen LogP contribution < -0.4 is 34.1 Å². The molecule has 1 aromatic carbocycles. The Balaban J connectivity index is 0.000000170.